The minimum absolute atomic E-state index is 0.256. The van der Waals surface area contributed by atoms with Gasteiger partial charge in [-0.3, -0.25) is 4.79 Å². The van der Waals surface area contributed by atoms with Gasteiger partial charge in [0.25, 0.3) is 5.91 Å². The lowest BCUT2D eigenvalue weighted by Crippen LogP contribution is -2.31. The van der Waals surface area contributed by atoms with E-state index in [-0.39, 0.29) is 5.91 Å². The number of carbonyl (C=O) groups is 1. The number of thioether (sulfide) groups is 1. The molecule has 2 heterocycles. The number of methoxy groups -OCH3 is 1. The quantitative estimate of drug-likeness (QED) is 0.144. The number of carbonyl (C=O) groups excluding carboxylic acids is 1. The number of rotatable bonds is 10. The van der Waals surface area contributed by atoms with Crippen LogP contribution in [0.4, 0.5) is 11.6 Å². The van der Waals surface area contributed by atoms with Gasteiger partial charge in [0.2, 0.25) is 11.1 Å². The molecular formula is C35H31Cl2N5O3S. The number of hydrogen-bond donors (Lipinski definition) is 2. The van der Waals surface area contributed by atoms with Gasteiger partial charge < -0.3 is 20.1 Å². The topological polar surface area (TPSA) is 90.3 Å². The zero-order chi connectivity index (χ0) is 32.2. The summed E-state index contributed by atoms with van der Waals surface area (Å²) in [7, 11) is 1.59. The maximum atomic E-state index is 14.0. The number of hydrogen-bond acceptors (Lipinski definition) is 7. The molecule has 1 aliphatic rings. The molecule has 234 valence electrons. The summed E-state index contributed by atoms with van der Waals surface area (Å²) in [6, 6.07) is 27.9. The standard InChI is InChI=1S/C35H31Cl2N5O3S/c1-21-7-6-9-27(17-21)39-33(43)31-22(2)38-34-40-35(46-20-25-8-4-5-10-28(25)37)41-42(34)32(31)24-13-16-29(30(18-24)44-3)45-19-23-11-14-26(36)15-12-23/h4-18,32H,19-20H2,1-3H3,(H,39,43)(H,38,40,41). The molecule has 0 saturated heterocycles. The van der Waals surface area contributed by atoms with Crippen LogP contribution in [0.3, 0.4) is 0 Å². The molecule has 8 nitrogen and oxygen atoms in total. The molecule has 11 heteroatoms. The van der Waals surface area contributed by atoms with E-state index in [2.05, 4.69) is 10.6 Å². The fourth-order valence-corrected chi connectivity index (χ4v) is 6.43. The fourth-order valence-electron chi connectivity index (χ4n) is 5.19. The SMILES string of the molecule is COc1cc(C2C(C(=O)Nc3cccc(C)c3)=C(C)Nc3nc(SCc4ccccc4Cl)nn32)ccc1OCc1ccc(Cl)cc1. The van der Waals surface area contributed by atoms with Crippen molar-refractivity contribution in [1.29, 1.82) is 0 Å². The Morgan fingerprint density at radius 1 is 0.978 bits per heavy atom. The van der Waals surface area contributed by atoms with Gasteiger partial charge in [0.15, 0.2) is 11.5 Å². The average Bonchev–Trinajstić information content (AvgIpc) is 3.45. The van der Waals surface area contributed by atoms with Crippen molar-refractivity contribution in [2.45, 2.75) is 37.4 Å². The molecule has 0 bridgehead atoms. The van der Waals surface area contributed by atoms with E-state index in [1.165, 1.54) is 11.8 Å². The van der Waals surface area contributed by atoms with Gasteiger partial charge in [-0.25, -0.2) is 4.68 Å². The molecule has 1 amide bonds. The summed E-state index contributed by atoms with van der Waals surface area (Å²) in [6.45, 7) is 4.19. The van der Waals surface area contributed by atoms with Gasteiger partial charge in [-0.15, -0.1) is 5.10 Å². The molecule has 46 heavy (non-hydrogen) atoms. The van der Waals surface area contributed by atoms with Crippen LogP contribution in [0.2, 0.25) is 10.0 Å². The first-order chi connectivity index (χ1) is 22.3. The highest BCUT2D eigenvalue weighted by atomic mass is 35.5. The summed E-state index contributed by atoms with van der Waals surface area (Å²) < 4.78 is 13.6. The van der Waals surface area contributed by atoms with Crippen LogP contribution in [-0.2, 0) is 17.2 Å². The largest absolute Gasteiger partial charge is 0.493 e. The minimum Gasteiger partial charge on any atom is -0.493 e. The molecule has 2 N–H and O–H groups in total. The summed E-state index contributed by atoms with van der Waals surface area (Å²) >= 11 is 13.9. The number of amides is 1. The first-order valence-electron chi connectivity index (χ1n) is 14.5. The van der Waals surface area contributed by atoms with Crippen LogP contribution in [-0.4, -0.2) is 27.8 Å². The lowest BCUT2D eigenvalue weighted by molar-refractivity contribution is -0.113. The van der Waals surface area contributed by atoms with Crippen molar-refractivity contribution in [3.8, 4) is 11.5 Å². The lowest BCUT2D eigenvalue weighted by atomic mass is 9.94. The van der Waals surface area contributed by atoms with Crippen LogP contribution in [0, 0.1) is 6.92 Å². The fraction of sp³-hybridized carbons (Fsp3) is 0.171. The predicted octanol–water partition coefficient (Wildman–Crippen LogP) is 8.70. The molecule has 0 saturated carbocycles. The molecule has 6 rings (SSSR count). The van der Waals surface area contributed by atoms with Crippen molar-refractivity contribution in [2.75, 3.05) is 17.7 Å². The number of aromatic nitrogens is 3. The van der Waals surface area contributed by atoms with Gasteiger partial charge in [0.05, 0.1) is 12.7 Å². The molecular weight excluding hydrogens is 641 g/mol. The van der Waals surface area contributed by atoms with E-state index in [9.17, 15) is 4.79 Å². The lowest BCUT2D eigenvalue weighted by Gasteiger charge is -2.29. The molecule has 1 aliphatic heterocycles. The van der Waals surface area contributed by atoms with Gasteiger partial charge in [0, 0.05) is 27.2 Å². The van der Waals surface area contributed by atoms with Crippen LogP contribution in [0.25, 0.3) is 0 Å². The highest BCUT2D eigenvalue weighted by molar-refractivity contribution is 7.98. The normalized spacial score (nSPS) is 14.0. The summed E-state index contributed by atoms with van der Waals surface area (Å²) in [5.41, 5.74) is 5.64. The summed E-state index contributed by atoms with van der Waals surface area (Å²) in [4.78, 5) is 18.8. The summed E-state index contributed by atoms with van der Waals surface area (Å²) in [5.74, 6) is 1.95. The van der Waals surface area contributed by atoms with Crippen molar-refractivity contribution in [3.63, 3.8) is 0 Å². The second kappa shape index (κ2) is 13.9. The van der Waals surface area contributed by atoms with Crippen molar-refractivity contribution >= 4 is 52.5 Å². The number of allylic oxidation sites excluding steroid dienone is 1. The average molecular weight is 673 g/mol. The van der Waals surface area contributed by atoms with Gasteiger partial charge in [-0.1, -0.05) is 83.5 Å². The molecule has 0 radical (unpaired) electrons. The van der Waals surface area contributed by atoms with E-state index in [4.69, 9.17) is 42.8 Å². The van der Waals surface area contributed by atoms with Crippen molar-refractivity contribution in [2.24, 2.45) is 0 Å². The van der Waals surface area contributed by atoms with Gasteiger partial charge in [-0.05, 0) is 78.6 Å². The van der Waals surface area contributed by atoms with Gasteiger partial charge >= 0.3 is 0 Å². The number of nitrogens with zero attached hydrogens (tertiary/aromatic N) is 3. The Labute approximate surface area is 281 Å². The summed E-state index contributed by atoms with van der Waals surface area (Å²) in [6.07, 6.45) is 0. The Kier molecular flexibility index (Phi) is 9.53. The molecule has 1 unspecified atom stereocenters. The van der Waals surface area contributed by atoms with Gasteiger partial charge in [0.1, 0.15) is 12.6 Å². The monoisotopic (exact) mass is 671 g/mol. The molecule has 0 spiro atoms. The number of aryl methyl sites for hydroxylation is 1. The molecule has 1 atom stereocenters. The number of halogens is 2. The summed E-state index contributed by atoms with van der Waals surface area (Å²) in [5, 5.41) is 13.1. The van der Waals surface area contributed by atoms with Crippen LogP contribution in [0.5, 0.6) is 11.5 Å². The highest BCUT2D eigenvalue weighted by Crippen LogP contribution is 2.40. The third-order valence-corrected chi connectivity index (χ3v) is 8.99. The van der Waals surface area contributed by atoms with E-state index < -0.39 is 6.04 Å². The number of nitrogens with one attached hydrogen (secondary N) is 2. The Morgan fingerprint density at radius 3 is 2.54 bits per heavy atom. The maximum absolute atomic E-state index is 14.0. The number of anilines is 2. The van der Waals surface area contributed by atoms with Crippen LogP contribution in [0.15, 0.2) is 107 Å². The van der Waals surface area contributed by atoms with Crippen LogP contribution in [0.1, 0.15) is 35.2 Å². The van der Waals surface area contributed by atoms with Crippen molar-refractivity contribution < 1.29 is 14.3 Å². The third-order valence-electron chi connectivity index (χ3n) is 7.48. The second-order valence-electron chi connectivity index (χ2n) is 10.8. The number of benzene rings is 4. The molecule has 0 fully saturated rings. The predicted molar refractivity (Wildman–Crippen MR) is 184 cm³/mol. The van der Waals surface area contributed by atoms with Crippen LogP contribution >= 0.6 is 35.0 Å². The van der Waals surface area contributed by atoms with E-state index in [1.54, 1.807) is 11.8 Å². The highest BCUT2D eigenvalue weighted by Gasteiger charge is 2.35. The Balaban J connectivity index is 1.34. The third kappa shape index (κ3) is 7.02. The molecule has 0 aliphatic carbocycles. The zero-order valence-electron chi connectivity index (χ0n) is 25.4. The molecule has 1 aromatic heterocycles. The number of ether oxygens (including phenoxy) is 2. The maximum Gasteiger partial charge on any atom is 0.255 e. The van der Waals surface area contributed by atoms with Gasteiger partial charge in [-0.2, -0.15) is 4.98 Å². The van der Waals surface area contributed by atoms with E-state index in [1.807, 2.05) is 105 Å². The van der Waals surface area contributed by atoms with Crippen LogP contribution < -0.4 is 20.1 Å². The minimum atomic E-state index is -0.609. The molecule has 5 aromatic rings. The second-order valence-corrected chi connectivity index (χ2v) is 12.5. The van der Waals surface area contributed by atoms with Crippen molar-refractivity contribution in [1.82, 2.24) is 14.8 Å². The first kappa shape index (κ1) is 31.5. The molecule has 4 aromatic carbocycles. The Bertz CT molecular complexity index is 1930. The Morgan fingerprint density at radius 2 is 1.78 bits per heavy atom. The number of fused-ring (bicyclic) bond motifs is 1. The zero-order valence-corrected chi connectivity index (χ0v) is 27.7. The van der Waals surface area contributed by atoms with Crippen molar-refractivity contribution in [3.05, 3.63) is 135 Å². The Hall–Kier alpha value is -4.44. The van der Waals surface area contributed by atoms with E-state index >= 15 is 0 Å². The first-order valence-corrected chi connectivity index (χ1v) is 16.3. The van der Waals surface area contributed by atoms with E-state index in [0.717, 1.165) is 22.3 Å². The smallest absolute Gasteiger partial charge is 0.255 e. The van der Waals surface area contributed by atoms with E-state index in [0.29, 0.717) is 62.0 Å².